The van der Waals surface area contributed by atoms with E-state index in [-0.39, 0.29) is 113 Å². The Morgan fingerprint density at radius 1 is 0.957 bits per heavy atom. The first-order chi connectivity index (χ1) is 20.9. The van der Waals surface area contributed by atoms with Crippen molar-refractivity contribution in [1.82, 2.24) is 4.90 Å². The zero-order chi connectivity index (χ0) is 30.9. The number of carbonyl (C=O) groups is 1. The Morgan fingerprint density at radius 3 is 2.37 bits per heavy atom. The molecule has 0 radical (unpaired) electrons. The van der Waals surface area contributed by atoms with Crippen LogP contribution in [0.3, 0.4) is 0 Å². The molecule has 1 heterocycles. The van der Waals surface area contributed by atoms with Gasteiger partial charge in [0.2, 0.25) is 0 Å². The number of ether oxygens (including phenoxy) is 1. The monoisotopic (exact) mass is 694 g/mol. The molecular weight excluding hydrogens is 668 g/mol. The van der Waals surface area contributed by atoms with Gasteiger partial charge in [0.1, 0.15) is 12.4 Å². The molecule has 46 heavy (non-hydrogen) atoms. The maximum atomic E-state index is 14.0. The van der Waals surface area contributed by atoms with Crippen LogP contribution in [0.2, 0.25) is 10.0 Å². The molecule has 1 saturated carbocycles. The van der Waals surface area contributed by atoms with Crippen LogP contribution >= 0.6 is 23.2 Å². The third-order valence-electron chi connectivity index (χ3n) is 7.53. The maximum Gasteiger partial charge on any atom is 1.00 e. The molecule has 0 saturated heterocycles. The van der Waals surface area contributed by atoms with Gasteiger partial charge in [0.25, 0.3) is 5.91 Å². The quantitative estimate of drug-likeness (QED) is 0.0715. The van der Waals surface area contributed by atoms with Gasteiger partial charge in [-0.2, -0.15) is 0 Å². The van der Waals surface area contributed by atoms with Crippen LogP contribution in [-0.2, 0) is 16.2 Å². The molecule has 0 N–H and O–H groups in total. The molecule has 1 aliphatic heterocycles. The van der Waals surface area contributed by atoms with Crippen LogP contribution in [0.25, 0.3) is 0 Å². The van der Waals surface area contributed by atoms with Gasteiger partial charge in [0.15, 0.2) is 0 Å². The summed E-state index contributed by atoms with van der Waals surface area (Å²) < 4.78 is 5.27. The largest absolute Gasteiger partial charge is 1.00 e. The van der Waals surface area contributed by atoms with Crippen LogP contribution < -0.4 is 104 Å². The zero-order valence-electron chi connectivity index (χ0n) is 25.8. The Bertz CT molecular complexity index is 1490. The minimum Gasteiger partial charge on any atom is -0.859 e. The van der Waals surface area contributed by atoms with Crippen molar-refractivity contribution < 1.29 is 118 Å². The SMILES string of the molecule is O=O.O=[C-]COc1cccc(CON=C([O-])[C@@H]2c3ccccc3C(=O)N([C@H]3CCCC[C@@H]3[O-])[C@H]2c2ccc(Cl)cc2Cl)c1.[Na+].[Na+].[Na+]. The normalized spacial score (nSPS) is 20.3. The average Bonchev–Trinajstić information content (AvgIpc) is 3.02. The van der Waals surface area contributed by atoms with E-state index in [2.05, 4.69) is 5.16 Å². The molecule has 10 nitrogen and oxygen atoms in total. The minimum absolute atomic E-state index is 0. The van der Waals surface area contributed by atoms with Crippen molar-refractivity contribution >= 4 is 41.3 Å². The number of oxime groups is 1. The van der Waals surface area contributed by atoms with Gasteiger partial charge >= 0.3 is 88.7 Å². The van der Waals surface area contributed by atoms with Crippen molar-refractivity contribution in [1.29, 1.82) is 0 Å². The molecule has 0 bridgehead atoms. The fourth-order valence-corrected chi connectivity index (χ4v) is 6.24. The number of rotatable bonds is 9. The number of hydrogen-bond donors (Lipinski definition) is 0. The predicted molar refractivity (Wildman–Crippen MR) is 157 cm³/mol. The standard InChI is InChI=1S/C31H28Cl2N2O6.3Na.O2/c32-20-12-13-24(25(33)17-20)29-28(30(38)34-41-18-19-6-5-7-21(16-19)40-15-14-36)22-8-1-2-9-23(22)31(39)35(29)26-10-3-4-11-27(26)37;;;;1-2/h1-2,5-9,12-13,16-17,26-29H,3-4,10-11,15,18H2,(H,34,38);;;;/q-2;3*+1;/p-1/t26-,27-,28+,29-;;;;/m0..../s1. The molecule has 1 amide bonds. The molecule has 3 aromatic carbocycles. The molecule has 5 rings (SSSR count). The van der Waals surface area contributed by atoms with Gasteiger partial charge in [0.05, 0.1) is 6.04 Å². The first-order valence-corrected chi connectivity index (χ1v) is 14.3. The first kappa shape index (κ1) is 43.0. The molecule has 4 atom stereocenters. The number of nitrogens with zero attached hydrogens (tertiary/aromatic N) is 2. The van der Waals surface area contributed by atoms with E-state index in [9.17, 15) is 19.8 Å². The first-order valence-electron chi connectivity index (χ1n) is 13.5. The summed E-state index contributed by atoms with van der Waals surface area (Å²) in [5, 5.41) is 31.8. The van der Waals surface area contributed by atoms with Gasteiger partial charge in [-0.25, -0.2) is 6.29 Å². The molecule has 15 heteroatoms. The van der Waals surface area contributed by atoms with Gasteiger partial charge in [-0.1, -0.05) is 78.9 Å². The van der Waals surface area contributed by atoms with Gasteiger partial charge in [-0.05, 0) is 60.0 Å². The van der Waals surface area contributed by atoms with E-state index >= 15 is 0 Å². The van der Waals surface area contributed by atoms with Gasteiger partial charge in [-0.15, -0.1) is 11.3 Å². The number of benzene rings is 3. The van der Waals surface area contributed by atoms with Gasteiger partial charge in [0, 0.05) is 43.4 Å². The van der Waals surface area contributed by atoms with Crippen molar-refractivity contribution in [2.75, 3.05) is 6.61 Å². The molecular formula is C31H27Cl2N2Na3O8. The molecule has 0 spiro atoms. The van der Waals surface area contributed by atoms with Crippen LogP contribution in [-0.4, -0.2) is 41.7 Å². The number of fused-ring (bicyclic) bond motifs is 1. The molecule has 1 aliphatic carbocycles. The Hall–Kier alpha value is -0.990. The second-order valence-electron chi connectivity index (χ2n) is 10.1. The van der Waals surface area contributed by atoms with Crippen molar-refractivity contribution in [3.8, 4) is 5.75 Å². The number of hydrogen-bond acceptors (Lipinski definition) is 9. The van der Waals surface area contributed by atoms with E-state index in [4.69, 9.17) is 42.7 Å². The number of halogens is 2. The fourth-order valence-electron chi connectivity index (χ4n) is 5.72. The molecule has 1 fully saturated rings. The van der Waals surface area contributed by atoms with Crippen molar-refractivity contribution in [2.45, 2.75) is 56.4 Å². The van der Waals surface area contributed by atoms with E-state index in [1.807, 2.05) is 0 Å². The van der Waals surface area contributed by atoms with Gasteiger partial charge in [-0.3, -0.25) is 4.79 Å². The van der Waals surface area contributed by atoms with Crippen LogP contribution in [0.4, 0.5) is 0 Å². The third-order valence-corrected chi connectivity index (χ3v) is 8.09. The maximum absolute atomic E-state index is 14.0. The minimum atomic E-state index is -0.998. The van der Waals surface area contributed by atoms with E-state index < -0.39 is 30.0 Å². The second kappa shape index (κ2) is 21.2. The predicted octanol–water partition coefficient (Wildman–Crippen LogP) is -4.60. The van der Waals surface area contributed by atoms with E-state index in [0.717, 1.165) is 12.8 Å². The number of amides is 1. The van der Waals surface area contributed by atoms with Crippen LogP contribution in [0.1, 0.15) is 64.7 Å². The van der Waals surface area contributed by atoms with Crippen molar-refractivity contribution in [2.24, 2.45) is 5.16 Å². The second-order valence-corrected chi connectivity index (χ2v) is 10.9. The van der Waals surface area contributed by atoms with Crippen molar-refractivity contribution in [3.05, 3.63) is 109 Å². The summed E-state index contributed by atoms with van der Waals surface area (Å²) in [6, 6.07) is 17.1. The Morgan fingerprint density at radius 2 is 1.67 bits per heavy atom. The summed E-state index contributed by atoms with van der Waals surface area (Å²) >= 11 is 12.9. The van der Waals surface area contributed by atoms with Crippen LogP contribution in [0.15, 0.2) is 71.9 Å². The Kier molecular flexibility index (Phi) is 19.8. The summed E-state index contributed by atoms with van der Waals surface area (Å²) in [6.07, 6.45) is 3.23. The summed E-state index contributed by atoms with van der Waals surface area (Å²) in [5.74, 6) is -1.46. The summed E-state index contributed by atoms with van der Waals surface area (Å²) in [7, 11) is 0. The molecule has 226 valence electrons. The topological polar surface area (TPSA) is 148 Å². The Balaban J connectivity index is 0.00000208. The molecule has 0 unspecified atom stereocenters. The van der Waals surface area contributed by atoms with E-state index in [0.29, 0.717) is 45.9 Å². The van der Waals surface area contributed by atoms with Crippen molar-refractivity contribution in [3.63, 3.8) is 0 Å². The molecule has 2 aliphatic rings. The third kappa shape index (κ3) is 10.3. The van der Waals surface area contributed by atoms with E-state index in [1.165, 1.54) is 0 Å². The van der Waals surface area contributed by atoms with Crippen LogP contribution in [0, 0.1) is 9.93 Å². The average molecular weight is 695 g/mol. The smallest absolute Gasteiger partial charge is 0.859 e. The van der Waals surface area contributed by atoms with E-state index in [1.54, 1.807) is 77.9 Å². The fraction of sp³-hybridized carbons (Fsp3) is 0.323. The number of carbonyl (C=O) groups excluding carboxylic acids is 2. The summed E-state index contributed by atoms with van der Waals surface area (Å²) in [4.78, 5) is 45.5. The summed E-state index contributed by atoms with van der Waals surface area (Å²) in [6.45, 7) is -0.244. The summed E-state index contributed by atoms with van der Waals surface area (Å²) in [5.41, 5.74) is 2.00. The zero-order valence-corrected chi connectivity index (χ0v) is 33.3. The molecule has 0 aromatic heterocycles. The van der Waals surface area contributed by atoms with Crippen LogP contribution in [0.5, 0.6) is 5.75 Å². The Labute approximate surface area is 343 Å². The molecule has 3 aromatic rings. The van der Waals surface area contributed by atoms with Gasteiger partial charge < -0.3 is 29.5 Å².